The van der Waals surface area contributed by atoms with Gasteiger partial charge < -0.3 is 5.11 Å². The molecule has 0 unspecified atom stereocenters. The van der Waals surface area contributed by atoms with Gasteiger partial charge in [-0.3, -0.25) is 4.99 Å². The molecule has 0 spiro atoms. The van der Waals surface area contributed by atoms with Gasteiger partial charge >= 0.3 is 0 Å². The highest BCUT2D eigenvalue weighted by molar-refractivity contribution is 7.99. The van der Waals surface area contributed by atoms with Crippen molar-refractivity contribution in [3.63, 3.8) is 0 Å². The third-order valence-electron chi connectivity index (χ3n) is 3.62. The molecule has 0 radical (unpaired) electrons. The second-order valence-corrected chi connectivity index (χ2v) is 6.51. The molecule has 0 saturated heterocycles. The number of rotatable bonds is 6. The van der Waals surface area contributed by atoms with Gasteiger partial charge in [-0.15, -0.1) is 11.8 Å². The van der Waals surface area contributed by atoms with Gasteiger partial charge in [-0.2, -0.15) is 0 Å². The predicted octanol–water partition coefficient (Wildman–Crippen LogP) is 4.82. The van der Waals surface area contributed by atoms with Crippen LogP contribution in [0.3, 0.4) is 0 Å². The zero-order chi connectivity index (χ0) is 14.4. The lowest BCUT2D eigenvalue weighted by atomic mass is 10.0. The third kappa shape index (κ3) is 3.78. The summed E-state index contributed by atoms with van der Waals surface area (Å²) >= 11 is 1.85. The summed E-state index contributed by atoms with van der Waals surface area (Å²) in [5.74, 6) is 1.50. The summed E-state index contributed by atoms with van der Waals surface area (Å²) in [6.07, 6.45) is 6.79. The molecule has 1 N–H and O–H groups in total. The van der Waals surface area contributed by atoms with E-state index in [1.54, 1.807) is 0 Å². The number of aliphatic imine (C=N–C) groups is 1. The van der Waals surface area contributed by atoms with E-state index >= 15 is 0 Å². The molecule has 2 nitrogen and oxygen atoms in total. The number of phenols is 1. The molecule has 0 bridgehead atoms. The van der Waals surface area contributed by atoms with Gasteiger partial charge in [0.25, 0.3) is 0 Å². The van der Waals surface area contributed by atoms with Gasteiger partial charge in [0.15, 0.2) is 0 Å². The van der Waals surface area contributed by atoms with E-state index in [1.165, 1.54) is 29.7 Å². The van der Waals surface area contributed by atoms with Gasteiger partial charge in [-0.25, -0.2) is 0 Å². The maximum Gasteiger partial charge on any atom is 0.126 e. The molecule has 0 saturated carbocycles. The Labute approximate surface area is 126 Å². The Morgan fingerprint density at radius 1 is 1.20 bits per heavy atom. The van der Waals surface area contributed by atoms with E-state index in [-0.39, 0.29) is 0 Å². The number of hydrogen-bond acceptors (Lipinski definition) is 3. The number of benzene rings is 1. The van der Waals surface area contributed by atoms with Crippen molar-refractivity contribution in [2.75, 3.05) is 12.3 Å². The minimum Gasteiger partial charge on any atom is -0.507 e. The molecule has 0 aliphatic carbocycles. The first kappa shape index (κ1) is 15.4. The summed E-state index contributed by atoms with van der Waals surface area (Å²) in [6.45, 7) is 5.22. The number of fused-ring (bicyclic) bond motifs is 1. The van der Waals surface area contributed by atoms with Crippen molar-refractivity contribution in [2.45, 2.75) is 57.3 Å². The first-order valence-corrected chi connectivity index (χ1v) is 8.77. The van der Waals surface area contributed by atoms with Gasteiger partial charge in [0.1, 0.15) is 5.75 Å². The molecule has 110 valence electrons. The summed E-state index contributed by atoms with van der Waals surface area (Å²) in [5, 5.41) is 10.4. The van der Waals surface area contributed by atoms with Crippen LogP contribution in [0.25, 0.3) is 0 Å². The van der Waals surface area contributed by atoms with E-state index in [9.17, 15) is 5.11 Å². The van der Waals surface area contributed by atoms with Crippen LogP contribution in [0.4, 0.5) is 0 Å². The summed E-state index contributed by atoms with van der Waals surface area (Å²) < 4.78 is 0. The molecule has 0 fully saturated rings. The lowest BCUT2D eigenvalue weighted by molar-refractivity contribution is 0.471. The van der Waals surface area contributed by atoms with E-state index in [1.807, 2.05) is 17.8 Å². The van der Waals surface area contributed by atoms with E-state index in [0.29, 0.717) is 5.75 Å². The summed E-state index contributed by atoms with van der Waals surface area (Å²) in [6, 6.07) is 4.21. The van der Waals surface area contributed by atoms with E-state index in [2.05, 4.69) is 24.9 Å². The highest BCUT2D eigenvalue weighted by atomic mass is 32.2. The van der Waals surface area contributed by atoms with Crippen molar-refractivity contribution in [1.29, 1.82) is 0 Å². The molecule has 2 rings (SSSR count). The van der Waals surface area contributed by atoms with Crippen LogP contribution in [0.2, 0.25) is 0 Å². The van der Waals surface area contributed by atoms with E-state index in [0.717, 1.165) is 42.8 Å². The Kier molecular flexibility index (Phi) is 5.96. The van der Waals surface area contributed by atoms with Gasteiger partial charge in [-0.05, 0) is 43.4 Å². The molecule has 1 aromatic rings. The number of unbranched alkanes of at least 4 members (excludes halogenated alkanes) is 2. The summed E-state index contributed by atoms with van der Waals surface area (Å²) in [4.78, 5) is 5.87. The second kappa shape index (κ2) is 7.72. The van der Waals surface area contributed by atoms with Gasteiger partial charge in [0.05, 0.1) is 5.56 Å². The average molecular weight is 291 g/mol. The largest absolute Gasteiger partial charge is 0.507 e. The van der Waals surface area contributed by atoms with Crippen molar-refractivity contribution in [2.24, 2.45) is 4.99 Å². The minimum absolute atomic E-state index is 0.427. The average Bonchev–Trinajstić information content (AvgIpc) is 2.45. The Morgan fingerprint density at radius 3 is 2.80 bits per heavy atom. The number of aryl methyl sites for hydroxylation is 1. The Balaban J connectivity index is 2.23. The monoisotopic (exact) mass is 291 g/mol. The molecule has 0 atom stereocenters. The number of phenolic OH excluding ortho intramolecular Hbond substituents is 1. The van der Waals surface area contributed by atoms with Crippen LogP contribution in [0.15, 0.2) is 22.0 Å². The number of thioether (sulfide) groups is 1. The smallest absolute Gasteiger partial charge is 0.126 e. The van der Waals surface area contributed by atoms with Gasteiger partial charge in [0, 0.05) is 22.9 Å². The van der Waals surface area contributed by atoms with Crippen LogP contribution in [-0.2, 0) is 6.42 Å². The topological polar surface area (TPSA) is 32.6 Å². The van der Waals surface area contributed by atoms with Crippen LogP contribution >= 0.6 is 11.8 Å². The van der Waals surface area contributed by atoms with Crippen LogP contribution in [0.5, 0.6) is 5.75 Å². The van der Waals surface area contributed by atoms with Crippen molar-refractivity contribution < 1.29 is 5.11 Å². The van der Waals surface area contributed by atoms with Crippen molar-refractivity contribution in [1.82, 2.24) is 0 Å². The maximum atomic E-state index is 10.4. The van der Waals surface area contributed by atoms with Crippen molar-refractivity contribution in [3.8, 4) is 5.75 Å². The standard InChI is InChI=1S/C17H25NOS/c1-3-5-6-7-13-11-15(19)17-14(18-9-4-2)8-10-20-16(17)12-13/h11-12,19H,3-10H2,1-2H3. The summed E-state index contributed by atoms with van der Waals surface area (Å²) in [7, 11) is 0. The quantitative estimate of drug-likeness (QED) is 0.762. The Bertz CT molecular complexity index is 482. The first-order chi connectivity index (χ1) is 9.76. The zero-order valence-corrected chi connectivity index (χ0v) is 13.4. The molecular weight excluding hydrogens is 266 g/mol. The molecule has 3 heteroatoms. The summed E-state index contributed by atoms with van der Waals surface area (Å²) in [5.41, 5.74) is 3.35. The van der Waals surface area contributed by atoms with E-state index < -0.39 is 0 Å². The first-order valence-electron chi connectivity index (χ1n) is 7.78. The lowest BCUT2D eigenvalue weighted by Crippen LogP contribution is -2.11. The van der Waals surface area contributed by atoms with Crippen molar-refractivity contribution in [3.05, 3.63) is 23.3 Å². The Hall–Kier alpha value is -0.960. The highest BCUT2D eigenvalue weighted by Crippen LogP contribution is 2.37. The molecule has 0 amide bonds. The molecule has 1 aliphatic rings. The van der Waals surface area contributed by atoms with Crippen LogP contribution in [-0.4, -0.2) is 23.1 Å². The van der Waals surface area contributed by atoms with Crippen LogP contribution in [0.1, 0.15) is 57.1 Å². The number of aromatic hydroxyl groups is 1. The molecule has 0 aromatic heterocycles. The lowest BCUT2D eigenvalue weighted by Gasteiger charge is -2.20. The Morgan fingerprint density at radius 2 is 2.05 bits per heavy atom. The fourth-order valence-corrected chi connectivity index (χ4v) is 3.69. The van der Waals surface area contributed by atoms with Crippen molar-refractivity contribution >= 4 is 17.5 Å². The van der Waals surface area contributed by atoms with Gasteiger partial charge in [0.2, 0.25) is 0 Å². The normalized spacial score (nSPS) is 16.4. The molecule has 1 heterocycles. The molecular formula is C17H25NOS. The second-order valence-electron chi connectivity index (χ2n) is 5.37. The number of nitrogens with zero attached hydrogens (tertiary/aromatic N) is 1. The highest BCUT2D eigenvalue weighted by Gasteiger charge is 2.20. The predicted molar refractivity (Wildman–Crippen MR) is 88.4 cm³/mol. The zero-order valence-electron chi connectivity index (χ0n) is 12.6. The minimum atomic E-state index is 0.427. The van der Waals surface area contributed by atoms with Crippen LogP contribution < -0.4 is 0 Å². The van der Waals surface area contributed by atoms with E-state index in [4.69, 9.17) is 0 Å². The number of hydrogen-bond donors (Lipinski definition) is 1. The third-order valence-corrected chi connectivity index (χ3v) is 4.66. The van der Waals surface area contributed by atoms with Crippen LogP contribution in [0, 0.1) is 0 Å². The van der Waals surface area contributed by atoms with Gasteiger partial charge in [-0.1, -0.05) is 26.7 Å². The fraction of sp³-hybridized carbons (Fsp3) is 0.588. The maximum absolute atomic E-state index is 10.4. The fourth-order valence-electron chi connectivity index (χ4n) is 2.57. The SMILES string of the molecule is CCCCCc1cc(O)c2c(c1)SCCC2=NCCC. The molecule has 20 heavy (non-hydrogen) atoms. The molecule has 1 aliphatic heterocycles. The molecule has 1 aromatic carbocycles.